The summed E-state index contributed by atoms with van der Waals surface area (Å²) in [6.45, 7) is 4.07. The van der Waals surface area contributed by atoms with Crippen LogP contribution in [0.5, 0.6) is 5.75 Å². The number of methoxy groups -OCH3 is 1. The number of anilines is 1. The van der Waals surface area contributed by atoms with Gasteiger partial charge in [-0.2, -0.15) is 0 Å². The van der Waals surface area contributed by atoms with Crippen LogP contribution in [0.15, 0.2) is 18.2 Å². The fraction of sp³-hybridized carbons (Fsp3) is 0.556. The van der Waals surface area contributed by atoms with Crippen molar-refractivity contribution in [3.63, 3.8) is 0 Å². The quantitative estimate of drug-likeness (QED) is 0.476. The lowest BCUT2D eigenvalue weighted by molar-refractivity contribution is -0.384. The highest BCUT2D eigenvalue weighted by atomic mass is 16.6. The number of likely N-dealkylation sites (N-methyl/N-ethyl adjacent to an activating group) is 1. The third-order valence-corrected chi connectivity index (χ3v) is 4.86. The Hall–Kier alpha value is -2.72. The van der Waals surface area contributed by atoms with Crippen LogP contribution in [0.25, 0.3) is 0 Å². The minimum atomic E-state index is -0.843. The lowest BCUT2D eigenvalue weighted by atomic mass is 10.0. The van der Waals surface area contributed by atoms with Gasteiger partial charge in [0, 0.05) is 19.1 Å². The standard InChI is InChI=1S/C18H26N4O6/c1-3-21(12-18(24)25)13-6-8-20(9-7-13)11-17(23)19-15-5-4-14(28-2)10-16(15)22(26)27/h4-5,10,13H,3,6-9,11-12H2,1-2H3,(H,19,23)(H,24,25). The number of likely N-dealkylation sites (tertiary alicyclic amines) is 1. The molecule has 0 aromatic heterocycles. The number of carbonyl (C=O) groups excluding carboxylic acids is 1. The van der Waals surface area contributed by atoms with Crippen molar-refractivity contribution in [2.24, 2.45) is 0 Å². The molecule has 1 aliphatic heterocycles. The minimum Gasteiger partial charge on any atom is -0.496 e. The Morgan fingerprint density at radius 3 is 2.61 bits per heavy atom. The minimum absolute atomic E-state index is 0.0167. The van der Waals surface area contributed by atoms with Crippen molar-refractivity contribution in [2.45, 2.75) is 25.8 Å². The van der Waals surface area contributed by atoms with Crippen LogP contribution < -0.4 is 10.1 Å². The summed E-state index contributed by atoms with van der Waals surface area (Å²) in [6, 6.07) is 4.45. The smallest absolute Gasteiger partial charge is 0.317 e. The van der Waals surface area contributed by atoms with E-state index in [0.717, 1.165) is 12.8 Å². The second-order valence-electron chi connectivity index (χ2n) is 6.65. The van der Waals surface area contributed by atoms with Gasteiger partial charge in [0.05, 0.1) is 31.2 Å². The third-order valence-electron chi connectivity index (χ3n) is 4.86. The summed E-state index contributed by atoms with van der Waals surface area (Å²) in [7, 11) is 1.41. The van der Waals surface area contributed by atoms with Gasteiger partial charge in [0.2, 0.25) is 5.91 Å². The number of ether oxygens (including phenoxy) is 1. The number of aliphatic carboxylic acids is 1. The summed E-state index contributed by atoms with van der Waals surface area (Å²) >= 11 is 0. The second-order valence-corrected chi connectivity index (χ2v) is 6.65. The van der Waals surface area contributed by atoms with Crippen molar-refractivity contribution in [1.82, 2.24) is 9.80 Å². The molecule has 1 aromatic rings. The van der Waals surface area contributed by atoms with Crippen molar-refractivity contribution in [3.8, 4) is 5.75 Å². The largest absolute Gasteiger partial charge is 0.496 e. The SMILES string of the molecule is CCN(CC(=O)O)C1CCN(CC(=O)Nc2ccc(OC)cc2[N+](=O)[O-])CC1. The molecule has 10 heteroatoms. The van der Waals surface area contributed by atoms with Crippen LogP contribution in [-0.2, 0) is 9.59 Å². The topological polar surface area (TPSA) is 125 Å². The maximum atomic E-state index is 12.3. The average Bonchev–Trinajstić information content (AvgIpc) is 2.66. The van der Waals surface area contributed by atoms with E-state index in [0.29, 0.717) is 25.4 Å². The number of benzene rings is 1. The van der Waals surface area contributed by atoms with Gasteiger partial charge < -0.3 is 15.2 Å². The number of rotatable bonds is 9. The summed E-state index contributed by atoms with van der Waals surface area (Å²) in [5.74, 6) is -0.831. The number of piperidine rings is 1. The number of carboxylic acid groups (broad SMARTS) is 1. The monoisotopic (exact) mass is 394 g/mol. The van der Waals surface area contributed by atoms with E-state index in [1.165, 1.54) is 19.2 Å². The first kappa shape index (κ1) is 21.6. The van der Waals surface area contributed by atoms with E-state index in [4.69, 9.17) is 9.84 Å². The van der Waals surface area contributed by atoms with E-state index in [-0.39, 0.29) is 36.4 Å². The fourth-order valence-corrected chi connectivity index (χ4v) is 3.40. The Morgan fingerprint density at radius 1 is 1.39 bits per heavy atom. The van der Waals surface area contributed by atoms with Crippen molar-refractivity contribution < 1.29 is 24.4 Å². The van der Waals surface area contributed by atoms with Gasteiger partial charge in [0.1, 0.15) is 11.4 Å². The van der Waals surface area contributed by atoms with Crippen LogP contribution in [0, 0.1) is 10.1 Å². The number of nitrogens with one attached hydrogen (secondary N) is 1. The highest BCUT2D eigenvalue weighted by Gasteiger charge is 2.26. The van der Waals surface area contributed by atoms with Gasteiger partial charge >= 0.3 is 5.97 Å². The molecule has 0 atom stereocenters. The summed E-state index contributed by atoms with van der Waals surface area (Å²) in [6.07, 6.45) is 1.55. The van der Waals surface area contributed by atoms with E-state index < -0.39 is 10.9 Å². The first-order valence-electron chi connectivity index (χ1n) is 9.14. The summed E-state index contributed by atoms with van der Waals surface area (Å²) in [5, 5.41) is 22.8. The molecular weight excluding hydrogens is 368 g/mol. The number of carboxylic acids is 1. The first-order valence-corrected chi connectivity index (χ1v) is 9.14. The molecule has 1 aliphatic rings. The molecule has 1 fully saturated rings. The molecule has 1 saturated heterocycles. The average molecular weight is 394 g/mol. The Bertz CT molecular complexity index is 718. The molecule has 0 radical (unpaired) electrons. The fourth-order valence-electron chi connectivity index (χ4n) is 3.40. The van der Waals surface area contributed by atoms with Gasteiger partial charge in [-0.15, -0.1) is 0 Å². The van der Waals surface area contributed by atoms with E-state index in [2.05, 4.69) is 5.32 Å². The predicted octanol–water partition coefficient (Wildman–Crippen LogP) is 1.41. The zero-order valence-electron chi connectivity index (χ0n) is 16.1. The maximum Gasteiger partial charge on any atom is 0.317 e. The van der Waals surface area contributed by atoms with Crippen LogP contribution in [0.3, 0.4) is 0 Å². The first-order chi connectivity index (χ1) is 13.3. The summed E-state index contributed by atoms with van der Waals surface area (Å²) in [5.41, 5.74) is -0.0945. The number of nitrogens with zero attached hydrogens (tertiary/aromatic N) is 3. The highest BCUT2D eigenvalue weighted by Crippen LogP contribution is 2.29. The summed E-state index contributed by atoms with van der Waals surface area (Å²) < 4.78 is 4.98. The van der Waals surface area contributed by atoms with E-state index in [1.54, 1.807) is 6.07 Å². The molecule has 28 heavy (non-hydrogen) atoms. The molecule has 0 aliphatic carbocycles. The normalized spacial score (nSPS) is 15.4. The molecule has 1 heterocycles. The van der Waals surface area contributed by atoms with Gasteiger partial charge in [-0.3, -0.25) is 29.5 Å². The van der Waals surface area contributed by atoms with Crippen molar-refractivity contribution >= 4 is 23.3 Å². The van der Waals surface area contributed by atoms with Crippen LogP contribution >= 0.6 is 0 Å². The molecule has 2 rings (SSSR count). The Labute approximate surface area is 163 Å². The van der Waals surface area contributed by atoms with E-state index >= 15 is 0 Å². The van der Waals surface area contributed by atoms with E-state index in [9.17, 15) is 19.7 Å². The maximum absolute atomic E-state index is 12.3. The molecule has 0 bridgehead atoms. The van der Waals surface area contributed by atoms with Crippen molar-refractivity contribution in [3.05, 3.63) is 28.3 Å². The molecular formula is C18H26N4O6. The van der Waals surface area contributed by atoms with Crippen LogP contribution in [0.2, 0.25) is 0 Å². The number of carbonyl (C=O) groups is 2. The Kier molecular flexibility index (Phi) is 7.70. The van der Waals surface area contributed by atoms with Gasteiger partial charge in [-0.1, -0.05) is 6.92 Å². The highest BCUT2D eigenvalue weighted by molar-refractivity contribution is 5.94. The van der Waals surface area contributed by atoms with Gasteiger partial charge in [0.15, 0.2) is 0 Å². The number of hydrogen-bond donors (Lipinski definition) is 2. The number of nitro benzene ring substituents is 1. The van der Waals surface area contributed by atoms with Crippen LogP contribution in [-0.4, -0.2) is 77.6 Å². The van der Waals surface area contributed by atoms with Gasteiger partial charge in [-0.25, -0.2) is 0 Å². The zero-order chi connectivity index (χ0) is 20.7. The lowest BCUT2D eigenvalue weighted by Gasteiger charge is -2.37. The lowest BCUT2D eigenvalue weighted by Crippen LogP contribution is -2.48. The second kappa shape index (κ2) is 10.00. The molecule has 1 amide bonds. The van der Waals surface area contributed by atoms with Gasteiger partial charge in [0.25, 0.3) is 5.69 Å². The zero-order valence-corrected chi connectivity index (χ0v) is 16.1. The van der Waals surface area contributed by atoms with E-state index in [1.807, 2.05) is 16.7 Å². The van der Waals surface area contributed by atoms with Gasteiger partial charge in [-0.05, 0) is 31.5 Å². The number of amides is 1. The number of hydrogen-bond acceptors (Lipinski definition) is 7. The predicted molar refractivity (Wildman–Crippen MR) is 103 cm³/mol. The van der Waals surface area contributed by atoms with Crippen molar-refractivity contribution in [2.75, 3.05) is 45.2 Å². The Morgan fingerprint density at radius 2 is 2.07 bits per heavy atom. The van der Waals surface area contributed by atoms with Crippen LogP contribution in [0.1, 0.15) is 19.8 Å². The molecule has 2 N–H and O–H groups in total. The molecule has 10 nitrogen and oxygen atoms in total. The molecule has 0 saturated carbocycles. The third kappa shape index (κ3) is 5.89. The Balaban J connectivity index is 1.90. The molecule has 154 valence electrons. The molecule has 1 aromatic carbocycles. The van der Waals surface area contributed by atoms with Crippen molar-refractivity contribution in [1.29, 1.82) is 0 Å². The van der Waals surface area contributed by atoms with Crippen LogP contribution in [0.4, 0.5) is 11.4 Å². The molecule has 0 spiro atoms. The molecule has 0 unspecified atom stereocenters. The summed E-state index contributed by atoms with van der Waals surface area (Å²) in [4.78, 5) is 37.8. The number of nitro groups is 1.